The zero-order valence-corrected chi connectivity index (χ0v) is 8.48. The first kappa shape index (κ1) is 7.94. The third-order valence-corrected chi connectivity index (χ3v) is 4.03. The smallest absolute Gasteiger partial charge is 0.108 e. The van der Waals surface area contributed by atoms with E-state index in [4.69, 9.17) is 0 Å². The molecule has 2 aliphatic rings. The first-order chi connectivity index (χ1) is 7.29. The second kappa shape index (κ2) is 2.27. The van der Waals surface area contributed by atoms with Crippen LogP contribution in [0.15, 0.2) is 30.3 Å². The SMILES string of the molecule is OC12CC1CCn1c2cc2ccccc21. The summed E-state index contributed by atoms with van der Waals surface area (Å²) in [5, 5.41) is 11.6. The summed E-state index contributed by atoms with van der Waals surface area (Å²) in [6.07, 6.45) is 2.09. The predicted octanol–water partition coefficient (Wildman–Crippen LogP) is 2.25. The Kier molecular flexibility index (Phi) is 1.20. The maximum absolute atomic E-state index is 10.4. The van der Waals surface area contributed by atoms with Gasteiger partial charge in [-0.15, -0.1) is 0 Å². The fourth-order valence-electron chi connectivity index (χ4n) is 3.07. The van der Waals surface area contributed by atoms with Gasteiger partial charge in [0.15, 0.2) is 0 Å². The number of rotatable bonds is 0. The summed E-state index contributed by atoms with van der Waals surface area (Å²) in [7, 11) is 0. The summed E-state index contributed by atoms with van der Waals surface area (Å²) >= 11 is 0. The molecule has 2 aromatic rings. The van der Waals surface area contributed by atoms with Crippen molar-refractivity contribution < 1.29 is 5.11 Å². The molecule has 0 saturated heterocycles. The molecule has 15 heavy (non-hydrogen) atoms. The van der Waals surface area contributed by atoms with E-state index < -0.39 is 5.60 Å². The molecule has 1 saturated carbocycles. The molecule has 2 heterocycles. The molecular formula is C13H13NO. The van der Waals surface area contributed by atoms with Gasteiger partial charge in [0.25, 0.3) is 0 Å². The lowest BCUT2D eigenvalue weighted by Crippen LogP contribution is -2.21. The van der Waals surface area contributed by atoms with E-state index in [0.29, 0.717) is 5.92 Å². The van der Waals surface area contributed by atoms with E-state index in [-0.39, 0.29) is 0 Å². The van der Waals surface area contributed by atoms with Crippen molar-refractivity contribution in [2.24, 2.45) is 5.92 Å². The first-order valence-electron chi connectivity index (χ1n) is 5.60. The normalized spacial score (nSPS) is 32.5. The highest BCUT2D eigenvalue weighted by molar-refractivity contribution is 5.82. The van der Waals surface area contributed by atoms with Gasteiger partial charge in [-0.25, -0.2) is 0 Å². The van der Waals surface area contributed by atoms with E-state index in [2.05, 4.69) is 34.9 Å². The topological polar surface area (TPSA) is 25.2 Å². The number of fused-ring (bicyclic) bond motifs is 5. The van der Waals surface area contributed by atoms with Crippen LogP contribution in [0.1, 0.15) is 18.5 Å². The maximum atomic E-state index is 10.4. The lowest BCUT2D eigenvalue weighted by Gasteiger charge is -2.20. The van der Waals surface area contributed by atoms with E-state index in [0.717, 1.165) is 25.1 Å². The van der Waals surface area contributed by atoms with Crippen LogP contribution in [0, 0.1) is 5.92 Å². The average Bonchev–Trinajstić information content (AvgIpc) is 2.80. The van der Waals surface area contributed by atoms with E-state index >= 15 is 0 Å². The van der Waals surface area contributed by atoms with Crippen molar-refractivity contribution in [3.05, 3.63) is 36.0 Å². The summed E-state index contributed by atoms with van der Waals surface area (Å²) in [6, 6.07) is 10.6. The number of hydrogen-bond donors (Lipinski definition) is 1. The molecule has 1 N–H and O–H groups in total. The van der Waals surface area contributed by atoms with Crippen LogP contribution in [0.2, 0.25) is 0 Å². The maximum Gasteiger partial charge on any atom is 0.108 e. The molecular weight excluding hydrogens is 186 g/mol. The monoisotopic (exact) mass is 199 g/mol. The van der Waals surface area contributed by atoms with E-state index in [1.807, 2.05) is 0 Å². The van der Waals surface area contributed by atoms with Gasteiger partial charge in [-0.1, -0.05) is 18.2 Å². The Morgan fingerprint density at radius 2 is 2.20 bits per heavy atom. The number of nitrogens with zero attached hydrogens (tertiary/aromatic N) is 1. The molecule has 2 nitrogen and oxygen atoms in total. The highest BCUT2D eigenvalue weighted by Crippen LogP contribution is 2.57. The minimum Gasteiger partial charge on any atom is -0.383 e. The third-order valence-electron chi connectivity index (χ3n) is 4.03. The van der Waals surface area contributed by atoms with Gasteiger partial charge in [-0.05, 0) is 36.3 Å². The third kappa shape index (κ3) is 0.840. The van der Waals surface area contributed by atoms with Crippen molar-refractivity contribution in [2.45, 2.75) is 25.0 Å². The fraction of sp³-hybridized carbons (Fsp3) is 0.385. The predicted molar refractivity (Wildman–Crippen MR) is 58.6 cm³/mol. The number of benzene rings is 1. The van der Waals surface area contributed by atoms with Crippen molar-refractivity contribution in [3.8, 4) is 0 Å². The van der Waals surface area contributed by atoms with Crippen LogP contribution in [0.3, 0.4) is 0 Å². The molecule has 0 amide bonds. The molecule has 2 unspecified atom stereocenters. The van der Waals surface area contributed by atoms with Crippen molar-refractivity contribution in [1.82, 2.24) is 4.57 Å². The fourth-order valence-corrected chi connectivity index (χ4v) is 3.07. The minimum absolute atomic E-state index is 0.489. The van der Waals surface area contributed by atoms with Crippen LogP contribution in [0.25, 0.3) is 10.9 Å². The summed E-state index contributed by atoms with van der Waals surface area (Å²) in [5.41, 5.74) is 1.92. The zero-order chi connectivity index (χ0) is 10.0. The standard InChI is InChI=1S/C13H13NO/c15-13-8-10(13)5-6-14-11-4-2-1-3-9(11)7-12(13)14/h1-4,7,10,15H,5-6,8H2. The molecule has 0 bridgehead atoms. The second-order valence-electron chi connectivity index (χ2n) is 4.85. The van der Waals surface area contributed by atoms with Gasteiger partial charge >= 0.3 is 0 Å². The van der Waals surface area contributed by atoms with Gasteiger partial charge in [-0.3, -0.25) is 0 Å². The highest BCUT2D eigenvalue weighted by atomic mass is 16.3. The van der Waals surface area contributed by atoms with Crippen LogP contribution in [0.4, 0.5) is 0 Å². The lowest BCUT2D eigenvalue weighted by atomic mass is 10.1. The molecule has 1 aromatic heterocycles. The molecule has 76 valence electrons. The quantitative estimate of drug-likeness (QED) is 0.691. The van der Waals surface area contributed by atoms with Crippen LogP contribution in [-0.2, 0) is 12.1 Å². The minimum atomic E-state index is -0.489. The second-order valence-corrected chi connectivity index (χ2v) is 4.85. The van der Waals surface area contributed by atoms with E-state index in [9.17, 15) is 5.11 Å². The van der Waals surface area contributed by atoms with Gasteiger partial charge < -0.3 is 9.67 Å². The van der Waals surface area contributed by atoms with Gasteiger partial charge in [-0.2, -0.15) is 0 Å². The Morgan fingerprint density at radius 1 is 1.33 bits per heavy atom. The zero-order valence-electron chi connectivity index (χ0n) is 8.48. The Labute approximate surface area is 88.1 Å². The molecule has 1 fully saturated rings. The van der Waals surface area contributed by atoms with Crippen LogP contribution in [-0.4, -0.2) is 9.67 Å². The molecule has 4 rings (SSSR count). The van der Waals surface area contributed by atoms with Crippen molar-refractivity contribution in [1.29, 1.82) is 0 Å². The molecule has 0 spiro atoms. The number of aryl methyl sites for hydroxylation is 1. The lowest BCUT2D eigenvalue weighted by molar-refractivity contribution is 0.108. The molecule has 1 aliphatic carbocycles. The number of aromatic nitrogens is 1. The summed E-state index contributed by atoms with van der Waals surface area (Å²) in [6.45, 7) is 1.07. The van der Waals surface area contributed by atoms with E-state index in [1.165, 1.54) is 10.9 Å². The summed E-state index contributed by atoms with van der Waals surface area (Å²) in [4.78, 5) is 0. The Bertz CT molecular complexity index is 557. The van der Waals surface area contributed by atoms with Gasteiger partial charge in [0.2, 0.25) is 0 Å². The molecule has 0 radical (unpaired) electrons. The Balaban J connectivity index is 2.09. The van der Waals surface area contributed by atoms with Crippen LogP contribution < -0.4 is 0 Å². The number of aliphatic hydroxyl groups is 1. The number of hydrogen-bond acceptors (Lipinski definition) is 1. The average molecular weight is 199 g/mol. The van der Waals surface area contributed by atoms with Gasteiger partial charge in [0.05, 0.1) is 5.69 Å². The molecule has 1 aliphatic heterocycles. The molecule has 2 heteroatoms. The van der Waals surface area contributed by atoms with Crippen LogP contribution >= 0.6 is 0 Å². The molecule has 2 atom stereocenters. The van der Waals surface area contributed by atoms with E-state index in [1.54, 1.807) is 0 Å². The Morgan fingerprint density at radius 3 is 3.13 bits per heavy atom. The van der Waals surface area contributed by atoms with Crippen molar-refractivity contribution in [2.75, 3.05) is 0 Å². The summed E-state index contributed by atoms with van der Waals surface area (Å²) in [5.74, 6) is 0.523. The Hall–Kier alpha value is -1.28. The molecule has 1 aromatic carbocycles. The highest BCUT2D eigenvalue weighted by Gasteiger charge is 2.57. The van der Waals surface area contributed by atoms with Gasteiger partial charge in [0.1, 0.15) is 5.60 Å². The van der Waals surface area contributed by atoms with Crippen LogP contribution in [0.5, 0.6) is 0 Å². The van der Waals surface area contributed by atoms with Crippen molar-refractivity contribution >= 4 is 10.9 Å². The number of para-hydroxylation sites is 1. The first-order valence-corrected chi connectivity index (χ1v) is 5.60. The largest absolute Gasteiger partial charge is 0.383 e. The van der Waals surface area contributed by atoms with Crippen molar-refractivity contribution in [3.63, 3.8) is 0 Å². The summed E-state index contributed by atoms with van der Waals surface area (Å²) < 4.78 is 2.29. The van der Waals surface area contributed by atoms with Gasteiger partial charge in [0, 0.05) is 12.1 Å².